The first-order chi connectivity index (χ1) is 16.3. The van der Waals surface area contributed by atoms with Crippen molar-refractivity contribution in [3.63, 3.8) is 0 Å². The quantitative estimate of drug-likeness (QED) is 0.254. The van der Waals surface area contributed by atoms with Gasteiger partial charge in [0.15, 0.2) is 0 Å². The highest BCUT2D eigenvalue weighted by Crippen LogP contribution is 2.28. The van der Waals surface area contributed by atoms with Gasteiger partial charge in [-0.3, -0.25) is 9.59 Å². The van der Waals surface area contributed by atoms with Gasteiger partial charge in [0.25, 0.3) is 5.91 Å². The van der Waals surface area contributed by atoms with E-state index >= 15 is 0 Å². The zero-order valence-electron chi connectivity index (χ0n) is 18.6. The number of hydrogen-bond acceptors (Lipinski definition) is 3. The Balaban J connectivity index is 1.59. The fourth-order valence-electron chi connectivity index (χ4n) is 3.81. The minimum atomic E-state index is -0.377. The summed E-state index contributed by atoms with van der Waals surface area (Å²) < 4.78 is 2.16. The number of carbonyl (C=O) groups is 2. The number of nitrogens with one attached hydrogen (secondary N) is 2. The molecule has 34 heavy (non-hydrogen) atoms. The number of carbonyl (C=O) groups excluding carboxylic acids is 2. The predicted octanol–water partition coefficient (Wildman–Crippen LogP) is 6.03. The zero-order chi connectivity index (χ0) is 24.2. The van der Waals surface area contributed by atoms with E-state index in [1.165, 1.54) is 6.92 Å². The summed E-state index contributed by atoms with van der Waals surface area (Å²) in [6.07, 6.45) is 1.65. The molecule has 0 aliphatic heterocycles. The fourth-order valence-corrected chi connectivity index (χ4v) is 4.27. The van der Waals surface area contributed by atoms with Crippen LogP contribution in [-0.2, 0) is 11.3 Å². The largest absolute Gasteiger partial charge is 0.340 e. The molecule has 8 heteroatoms. The van der Waals surface area contributed by atoms with Crippen LogP contribution in [-0.4, -0.2) is 22.6 Å². The van der Waals surface area contributed by atoms with E-state index in [2.05, 4.69) is 20.4 Å². The average molecular weight is 493 g/mol. The van der Waals surface area contributed by atoms with E-state index < -0.39 is 0 Å². The first-order valence-corrected chi connectivity index (χ1v) is 11.3. The number of para-hydroxylation sites is 1. The summed E-state index contributed by atoms with van der Waals surface area (Å²) in [4.78, 5) is 23.8. The molecule has 6 nitrogen and oxygen atoms in total. The molecular formula is C26H22Cl2N4O2. The fraction of sp³-hybridized carbons (Fsp3) is 0.115. The molecule has 4 rings (SSSR count). The van der Waals surface area contributed by atoms with Gasteiger partial charge in [-0.2, -0.15) is 5.10 Å². The highest BCUT2D eigenvalue weighted by Gasteiger charge is 2.14. The van der Waals surface area contributed by atoms with Crippen molar-refractivity contribution in [3.05, 3.63) is 99.2 Å². The Hall–Kier alpha value is -3.61. The molecule has 4 aromatic rings. The number of hydrazone groups is 1. The molecule has 3 aromatic carbocycles. The van der Waals surface area contributed by atoms with Crippen molar-refractivity contribution >= 4 is 57.8 Å². The van der Waals surface area contributed by atoms with Crippen molar-refractivity contribution in [3.8, 4) is 0 Å². The SMILES string of the molecule is CC(=O)Nc1cccc(C(=O)NN=Cc2c(C)n(Cc3ccc(Cl)cc3Cl)c3ccccc23)c1. The highest BCUT2D eigenvalue weighted by atomic mass is 35.5. The van der Waals surface area contributed by atoms with Crippen LogP contribution in [0.4, 0.5) is 5.69 Å². The van der Waals surface area contributed by atoms with Crippen molar-refractivity contribution in [1.29, 1.82) is 0 Å². The number of halogens is 2. The lowest BCUT2D eigenvalue weighted by Gasteiger charge is -2.10. The Morgan fingerprint density at radius 1 is 1.03 bits per heavy atom. The monoisotopic (exact) mass is 492 g/mol. The minimum Gasteiger partial charge on any atom is -0.340 e. The van der Waals surface area contributed by atoms with Crippen LogP contribution in [0.3, 0.4) is 0 Å². The lowest BCUT2D eigenvalue weighted by molar-refractivity contribution is -0.114. The Morgan fingerprint density at radius 2 is 1.82 bits per heavy atom. The second-order valence-corrected chi connectivity index (χ2v) is 8.64. The van der Waals surface area contributed by atoms with Crippen LogP contribution in [0, 0.1) is 6.92 Å². The number of hydrogen-bond donors (Lipinski definition) is 2. The van der Waals surface area contributed by atoms with Crippen LogP contribution in [0.25, 0.3) is 10.9 Å². The Morgan fingerprint density at radius 3 is 2.59 bits per heavy atom. The van der Waals surface area contributed by atoms with Crippen molar-refractivity contribution in [1.82, 2.24) is 9.99 Å². The lowest BCUT2D eigenvalue weighted by atomic mass is 10.1. The Labute approximate surface area is 207 Å². The molecule has 1 aromatic heterocycles. The second kappa shape index (κ2) is 10.1. The van der Waals surface area contributed by atoms with Crippen LogP contribution in [0.15, 0.2) is 71.8 Å². The maximum atomic E-state index is 12.6. The summed E-state index contributed by atoms with van der Waals surface area (Å²) in [6, 6.07) is 20.1. The van der Waals surface area contributed by atoms with E-state index in [1.54, 1.807) is 36.5 Å². The number of rotatable bonds is 6. The number of anilines is 1. The number of amides is 2. The molecule has 0 unspecified atom stereocenters. The molecule has 0 radical (unpaired) electrons. The van der Waals surface area contributed by atoms with Gasteiger partial charge in [0.1, 0.15) is 0 Å². The van der Waals surface area contributed by atoms with Crippen LogP contribution in [0.5, 0.6) is 0 Å². The molecule has 2 amide bonds. The molecule has 172 valence electrons. The van der Waals surface area contributed by atoms with Crippen molar-refractivity contribution in [2.45, 2.75) is 20.4 Å². The van der Waals surface area contributed by atoms with E-state index in [4.69, 9.17) is 23.2 Å². The van der Waals surface area contributed by atoms with Gasteiger partial charge in [-0.05, 0) is 48.9 Å². The standard InChI is InChI=1S/C26H22Cl2N4O2/c1-16-23(14-29-31-26(34)18-6-5-7-21(12-18)30-17(2)33)22-8-3-4-9-25(22)32(16)15-19-10-11-20(27)13-24(19)28/h3-14H,15H2,1-2H3,(H,30,33)(H,31,34). The summed E-state index contributed by atoms with van der Waals surface area (Å²) in [7, 11) is 0. The molecular weight excluding hydrogens is 471 g/mol. The van der Waals surface area contributed by atoms with Crippen LogP contribution >= 0.6 is 23.2 Å². The van der Waals surface area contributed by atoms with Crippen LogP contribution in [0.2, 0.25) is 10.0 Å². The van der Waals surface area contributed by atoms with Crippen LogP contribution in [0.1, 0.15) is 34.1 Å². The van der Waals surface area contributed by atoms with Gasteiger partial charge < -0.3 is 9.88 Å². The number of benzene rings is 3. The lowest BCUT2D eigenvalue weighted by Crippen LogP contribution is -2.18. The topological polar surface area (TPSA) is 75.5 Å². The predicted molar refractivity (Wildman–Crippen MR) is 138 cm³/mol. The molecule has 1 heterocycles. The van der Waals surface area contributed by atoms with Gasteiger partial charge in [0.2, 0.25) is 5.91 Å². The first kappa shape index (κ1) is 23.5. The summed E-state index contributed by atoms with van der Waals surface area (Å²) in [5.41, 5.74) is 7.36. The van der Waals surface area contributed by atoms with Crippen molar-refractivity contribution in [2.24, 2.45) is 5.10 Å². The number of nitrogens with zero attached hydrogens (tertiary/aromatic N) is 2. The Kier molecular flexibility index (Phi) is 7.01. The minimum absolute atomic E-state index is 0.206. The van der Waals surface area contributed by atoms with E-state index in [0.717, 1.165) is 27.7 Å². The average Bonchev–Trinajstić information content (AvgIpc) is 3.06. The van der Waals surface area contributed by atoms with Gasteiger partial charge in [-0.25, -0.2) is 5.43 Å². The molecule has 0 bridgehead atoms. The van der Waals surface area contributed by atoms with E-state index in [0.29, 0.717) is 27.8 Å². The second-order valence-electron chi connectivity index (χ2n) is 7.80. The molecule has 0 aliphatic rings. The van der Waals surface area contributed by atoms with Crippen molar-refractivity contribution in [2.75, 3.05) is 5.32 Å². The van der Waals surface area contributed by atoms with E-state index in [1.807, 2.05) is 43.3 Å². The van der Waals surface area contributed by atoms with E-state index in [-0.39, 0.29) is 11.8 Å². The number of fused-ring (bicyclic) bond motifs is 1. The third-order valence-electron chi connectivity index (χ3n) is 5.43. The third kappa shape index (κ3) is 5.14. The molecule has 0 saturated carbocycles. The summed E-state index contributed by atoms with van der Waals surface area (Å²) in [6.45, 7) is 3.99. The maximum Gasteiger partial charge on any atom is 0.271 e. The molecule has 0 spiro atoms. The van der Waals surface area contributed by atoms with Gasteiger partial charge in [-0.15, -0.1) is 0 Å². The highest BCUT2D eigenvalue weighted by molar-refractivity contribution is 6.35. The van der Waals surface area contributed by atoms with E-state index in [9.17, 15) is 9.59 Å². The van der Waals surface area contributed by atoms with Gasteiger partial charge >= 0.3 is 0 Å². The van der Waals surface area contributed by atoms with Crippen molar-refractivity contribution < 1.29 is 9.59 Å². The maximum absolute atomic E-state index is 12.6. The number of aromatic nitrogens is 1. The van der Waals surface area contributed by atoms with Gasteiger partial charge in [0, 0.05) is 56.9 Å². The molecule has 0 aliphatic carbocycles. The zero-order valence-corrected chi connectivity index (χ0v) is 20.1. The third-order valence-corrected chi connectivity index (χ3v) is 6.02. The molecule has 0 fully saturated rings. The summed E-state index contributed by atoms with van der Waals surface area (Å²) in [5, 5.41) is 9.07. The smallest absolute Gasteiger partial charge is 0.271 e. The summed E-state index contributed by atoms with van der Waals surface area (Å²) in [5.74, 6) is -0.583. The Bertz CT molecular complexity index is 1430. The first-order valence-electron chi connectivity index (χ1n) is 10.6. The van der Waals surface area contributed by atoms with Gasteiger partial charge in [0.05, 0.1) is 6.21 Å². The summed E-state index contributed by atoms with van der Waals surface area (Å²) >= 11 is 12.5. The molecule has 2 N–H and O–H groups in total. The van der Waals surface area contributed by atoms with Crippen LogP contribution < -0.4 is 10.7 Å². The molecule has 0 saturated heterocycles. The normalized spacial score (nSPS) is 11.2. The van der Waals surface area contributed by atoms with Gasteiger partial charge in [-0.1, -0.05) is 53.5 Å². The molecule has 0 atom stereocenters.